The monoisotopic (exact) mass is 292 g/mol. The number of nitro groups is 1. The van der Waals surface area contributed by atoms with Crippen molar-refractivity contribution in [3.05, 3.63) is 76.5 Å². The van der Waals surface area contributed by atoms with Crippen LogP contribution in [0.3, 0.4) is 0 Å². The molecule has 0 aliphatic heterocycles. The van der Waals surface area contributed by atoms with Crippen LogP contribution in [0.25, 0.3) is 10.8 Å². The lowest BCUT2D eigenvalue weighted by Crippen LogP contribution is -1.95. The van der Waals surface area contributed by atoms with Gasteiger partial charge in [0.25, 0.3) is 5.69 Å². The summed E-state index contributed by atoms with van der Waals surface area (Å²) in [6.45, 7) is 0. The van der Waals surface area contributed by atoms with Gasteiger partial charge in [0.2, 0.25) is 0 Å². The highest BCUT2D eigenvalue weighted by atomic mass is 16.6. The van der Waals surface area contributed by atoms with Crippen molar-refractivity contribution >= 4 is 28.5 Å². The van der Waals surface area contributed by atoms with E-state index in [2.05, 4.69) is 15.5 Å². The van der Waals surface area contributed by atoms with Crippen molar-refractivity contribution in [3.63, 3.8) is 0 Å². The molecule has 0 saturated carbocycles. The number of pyridine rings is 1. The number of hydrogen-bond donors (Lipinski definition) is 1. The maximum absolute atomic E-state index is 10.6. The van der Waals surface area contributed by atoms with Crippen LogP contribution in [-0.4, -0.2) is 16.1 Å². The molecular formula is C16H12N4O2. The number of fused-ring (bicyclic) bond motifs is 1. The molecule has 6 nitrogen and oxygen atoms in total. The minimum atomic E-state index is -0.490. The third-order valence-electron chi connectivity index (χ3n) is 3.16. The lowest BCUT2D eigenvalue weighted by molar-refractivity contribution is -0.385. The van der Waals surface area contributed by atoms with Gasteiger partial charge in [0.15, 0.2) is 0 Å². The van der Waals surface area contributed by atoms with E-state index in [-0.39, 0.29) is 5.69 Å². The van der Waals surface area contributed by atoms with Gasteiger partial charge in [-0.2, -0.15) is 5.10 Å². The van der Waals surface area contributed by atoms with Crippen molar-refractivity contribution in [1.82, 2.24) is 4.98 Å². The quantitative estimate of drug-likeness (QED) is 0.452. The fraction of sp³-hybridized carbons (Fsp3) is 0. The van der Waals surface area contributed by atoms with Gasteiger partial charge in [-0.3, -0.25) is 15.5 Å². The number of hydrazone groups is 1. The summed E-state index contributed by atoms with van der Waals surface area (Å²) in [6, 6.07) is 16.9. The second-order valence-electron chi connectivity index (χ2n) is 4.60. The fourth-order valence-corrected chi connectivity index (χ4v) is 2.09. The summed E-state index contributed by atoms with van der Waals surface area (Å²) in [5.41, 5.74) is 3.69. The molecule has 0 unspecified atom stereocenters. The van der Waals surface area contributed by atoms with E-state index in [1.807, 2.05) is 42.5 Å². The lowest BCUT2D eigenvalue weighted by atomic mass is 10.1. The summed E-state index contributed by atoms with van der Waals surface area (Å²) < 4.78 is 0. The summed E-state index contributed by atoms with van der Waals surface area (Å²) in [6.07, 6.45) is 2.89. The lowest BCUT2D eigenvalue weighted by Gasteiger charge is -2.02. The highest BCUT2D eigenvalue weighted by Crippen LogP contribution is 2.17. The van der Waals surface area contributed by atoms with Crippen LogP contribution in [0, 0.1) is 10.1 Å². The molecule has 3 aromatic rings. The van der Waals surface area contributed by atoms with E-state index in [1.54, 1.807) is 6.21 Å². The first-order valence-electron chi connectivity index (χ1n) is 6.61. The van der Waals surface area contributed by atoms with E-state index in [0.29, 0.717) is 5.82 Å². The van der Waals surface area contributed by atoms with E-state index in [9.17, 15) is 10.1 Å². The van der Waals surface area contributed by atoms with E-state index < -0.39 is 4.92 Å². The Morgan fingerprint density at radius 1 is 1.09 bits per heavy atom. The van der Waals surface area contributed by atoms with Crippen LogP contribution in [0.5, 0.6) is 0 Å². The zero-order valence-corrected chi connectivity index (χ0v) is 11.5. The summed E-state index contributed by atoms with van der Waals surface area (Å²) in [7, 11) is 0. The minimum Gasteiger partial charge on any atom is -0.261 e. The van der Waals surface area contributed by atoms with E-state index in [0.717, 1.165) is 16.3 Å². The summed E-state index contributed by atoms with van der Waals surface area (Å²) >= 11 is 0. The van der Waals surface area contributed by atoms with Gasteiger partial charge in [-0.05, 0) is 16.8 Å². The molecule has 0 amide bonds. The molecule has 0 aliphatic rings. The molecule has 0 fully saturated rings. The third kappa shape index (κ3) is 2.90. The van der Waals surface area contributed by atoms with Crippen molar-refractivity contribution in [2.75, 3.05) is 5.43 Å². The number of benzene rings is 2. The topological polar surface area (TPSA) is 80.4 Å². The smallest absolute Gasteiger partial charge is 0.261 e. The van der Waals surface area contributed by atoms with Crippen LogP contribution in [0.15, 0.2) is 65.9 Å². The second kappa shape index (κ2) is 6.01. The van der Waals surface area contributed by atoms with Crippen molar-refractivity contribution in [2.24, 2.45) is 5.10 Å². The third-order valence-corrected chi connectivity index (χ3v) is 3.16. The maximum atomic E-state index is 10.6. The first-order valence-corrected chi connectivity index (χ1v) is 6.61. The Morgan fingerprint density at radius 3 is 2.68 bits per heavy atom. The van der Waals surface area contributed by atoms with Crippen molar-refractivity contribution in [3.8, 4) is 0 Å². The second-order valence-corrected chi connectivity index (χ2v) is 4.60. The molecule has 22 heavy (non-hydrogen) atoms. The predicted molar refractivity (Wildman–Crippen MR) is 86.1 cm³/mol. The van der Waals surface area contributed by atoms with Crippen LogP contribution in [-0.2, 0) is 0 Å². The van der Waals surface area contributed by atoms with Crippen LogP contribution < -0.4 is 5.43 Å². The maximum Gasteiger partial charge on any atom is 0.287 e. The normalized spacial score (nSPS) is 10.9. The largest absolute Gasteiger partial charge is 0.287 e. The first-order chi connectivity index (χ1) is 10.7. The van der Waals surface area contributed by atoms with Crippen LogP contribution >= 0.6 is 0 Å². The van der Waals surface area contributed by atoms with Gasteiger partial charge in [-0.1, -0.05) is 42.5 Å². The molecule has 0 saturated heterocycles. The molecule has 0 bridgehead atoms. The molecule has 108 valence electrons. The summed E-state index contributed by atoms with van der Waals surface area (Å²) in [5, 5.41) is 16.9. The molecule has 2 aromatic carbocycles. The predicted octanol–water partition coefficient (Wildman–Crippen LogP) is 3.59. The van der Waals surface area contributed by atoms with Gasteiger partial charge < -0.3 is 0 Å². The van der Waals surface area contributed by atoms with E-state index in [4.69, 9.17) is 0 Å². The Bertz CT molecular complexity index is 839. The number of anilines is 1. The number of nitrogens with zero attached hydrogens (tertiary/aromatic N) is 3. The van der Waals surface area contributed by atoms with Crippen molar-refractivity contribution < 1.29 is 4.92 Å². The number of nitrogens with one attached hydrogen (secondary N) is 1. The molecule has 3 rings (SSSR count). The van der Waals surface area contributed by atoms with Gasteiger partial charge in [0, 0.05) is 11.6 Å². The van der Waals surface area contributed by atoms with E-state index in [1.165, 1.54) is 18.3 Å². The minimum absolute atomic E-state index is 0.0522. The Labute approximate surface area is 126 Å². The molecule has 1 aromatic heterocycles. The van der Waals surface area contributed by atoms with E-state index >= 15 is 0 Å². The van der Waals surface area contributed by atoms with Crippen LogP contribution in [0.4, 0.5) is 11.5 Å². The average Bonchev–Trinajstić information content (AvgIpc) is 2.55. The Morgan fingerprint density at radius 2 is 1.91 bits per heavy atom. The van der Waals surface area contributed by atoms with Gasteiger partial charge in [0.05, 0.1) is 11.1 Å². The molecule has 6 heteroatoms. The molecular weight excluding hydrogens is 280 g/mol. The Kier molecular flexibility index (Phi) is 3.74. The Balaban J connectivity index is 1.77. The molecule has 0 radical (unpaired) electrons. The van der Waals surface area contributed by atoms with Crippen LogP contribution in [0.1, 0.15) is 5.56 Å². The standard InChI is InChI=1S/C16H12N4O2/c21-20(22)14-8-9-16(17-11-14)19-18-10-13-6-3-5-12-4-1-2-7-15(12)13/h1-11H,(H,17,19)/b18-10-. The Hall–Kier alpha value is -3.28. The molecule has 1 N–H and O–H groups in total. The van der Waals surface area contributed by atoms with Crippen molar-refractivity contribution in [2.45, 2.75) is 0 Å². The van der Waals surface area contributed by atoms with Gasteiger partial charge in [-0.25, -0.2) is 4.98 Å². The van der Waals surface area contributed by atoms with Crippen molar-refractivity contribution in [1.29, 1.82) is 0 Å². The first kappa shape index (κ1) is 13.7. The summed E-state index contributed by atoms with van der Waals surface area (Å²) in [4.78, 5) is 14.0. The highest BCUT2D eigenvalue weighted by molar-refractivity contribution is 5.99. The molecule has 0 spiro atoms. The highest BCUT2D eigenvalue weighted by Gasteiger charge is 2.04. The van der Waals surface area contributed by atoms with Gasteiger partial charge in [-0.15, -0.1) is 0 Å². The number of aromatic nitrogens is 1. The molecule has 0 atom stereocenters. The molecule has 0 aliphatic carbocycles. The molecule has 1 heterocycles. The number of rotatable bonds is 4. The SMILES string of the molecule is O=[N+]([O-])c1ccc(N/N=C\c2cccc3ccccc23)nc1. The number of hydrogen-bond acceptors (Lipinski definition) is 5. The zero-order chi connectivity index (χ0) is 15.4. The fourth-order valence-electron chi connectivity index (χ4n) is 2.09. The van der Waals surface area contributed by atoms with Gasteiger partial charge >= 0.3 is 0 Å². The van der Waals surface area contributed by atoms with Crippen LogP contribution in [0.2, 0.25) is 0 Å². The van der Waals surface area contributed by atoms with Gasteiger partial charge in [0.1, 0.15) is 12.0 Å². The average molecular weight is 292 g/mol. The summed E-state index contributed by atoms with van der Waals surface area (Å²) in [5.74, 6) is 0.446. The zero-order valence-electron chi connectivity index (χ0n) is 11.5.